The second-order valence-electron chi connectivity index (χ2n) is 4.45. The summed E-state index contributed by atoms with van der Waals surface area (Å²) in [6, 6.07) is 7.50. The predicted molar refractivity (Wildman–Crippen MR) is 83.2 cm³/mol. The smallest absolute Gasteiger partial charge is 0.331 e. The average molecular weight is 393 g/mol. The van der Waals surface area contributed by atoms with Crippen LogP contribution in [0, 0.1) is 4.77 Å². The van der Waals surface area contributed by atoms with Crippen molar-refractivity contribution in [3.05, 3.63) is 49.3 Å². The Hall–Kier alpha value is -1.12. The van der Waals surface area contributed by atoms with E-state index in [1.165, 1.54) is 6.07 Å². The molecule has 1 aromatic carbocycles. The Balaban J connectivity index is 2.07. The van der Waals surface area contributed by atoms with E-state index in [9.17, 15) is 13.2 Å². The monoisotopic (exact) mass is 392 g/mol. The number of nitrogens with one attached hydrogen (secondary N) is 1. The zero-order chi connectivity index (χ0) is 15.2. The van der Waals surface area contributed by atoms with Crippen molar-refractivity contribution in [3.63, 3.8) is 0 Å². The molecule has 0 aliphatic rings. The Labute approximate surface area is 135 Å². The number of alkyl halides is 3. The Morgan fingerprint density at radius 3 is 2.62 bits per heavy atom. The van der Waals surface area contributed by atoms with Crippen LogP contribution in [0.25, 0.3) is 11.0 Å². The lowest BCUT2D eigenvalue weighted by molar-refractivity contribution is -0.137. The molecule has 110 valence electrons. The molecular weight excluding hydrogens is 385 g/mol. The van der Waals surface area contributed by atoms with Gasteiger partial charge in [0, 0.05) is 4.88 Å². The number of fused-ring (bicyclic) bond motifs is 1. The fourth-order valence-electron chi connectivity index (χ4n) is 2.09. The Bertz CT molecular complexity index is 860. The molecule has 2 nitrogen and oxygen atoms in total. The van der Waals surface area contributed by atoms with Crippen molar-refractivity contribution >= 4 is 50.5 Å². The second-order valence-corrected chi connectivity index (χ2v) is 7.39. The van der Waals surface area contributed by atoms with Crippen LogP contribution in [0.2, 0.25) is 0 Å². The van der Waals surface area contributed by atoms with E-state index in [1.807, 2.05) is 12.1 Å². The van der Waals surface area contributed by atoms with Crippen molar-refractivity contribution in [3.8, 4) is 0 Å². The van der Waals surface area contributed by atoms with Gasteiger partial charge in [-0.3, -0.25) is 0 Å². The summed E-state index contributed by atoms with van der Waals surface area (Å²) in [4.78, 5) is 3.91. The lowest BCUT2D eigenvalue weighted by Crippen LogP contribution is -2.04. The zero-order valence-electron chi connectivity index (χ0n) is 10.4. The van der Waals surface area contributed by atoms with Crippen LogP contribution in [0.1, 0.15) is 10.4 Å². The minimum atomic E-state index is -4.36. The van der Waals surface area contributed by atoms with Gasteiger partial charge in [0.2, 0.25) is 0 Å². The molecular formula is C13H8BrF3N2S2. The van der Waals surface area contributed by atoms with E-state index >= 15 is 0 Å². The molecule has 0 radical (unpaired) electrons. The molecule has 0 unspecified atom stereocenters. The second kappa shape index (κ2) is 5.26. The number of nitrogens with zero attached hydrogens (tertiary/aromatic N) is 1. The highest BCUT2D eigenvalue weighted by Gasteiger charge is 2.30. The van der Waals surface area contributed by atoms with Crippen molar-refractivity contribution in [2.75, 3.05) is 0 Å². The summed E-state index contributed by atoms with van der Waals surface area (Å²) in [6.07, 6.45) is -4.36. The van der Waals surface area contributed by atoms with Gasteiger partial charge < -0.3 is 9.55 Å². The van der Waals surface area contributed by atoms with Gasteiger partial charge in [-0.2, -0.15) is 13.2 Å². The van der Waals surface area contributed by atoms with Gasteiger partial charge in [0.05, 0.1) is 26.9 Å². The van der Waals surface area contributed by atoms with Crippen LogP contribution in [0.3, 0.4) is 0 Å². The Morgan fingerprint density at radius 1 is 1.24 bits per heavy atom. The maximum absolute atomic E-state index is 12.7. The first-order chi connectivity index (χ1) is 9.84. The molecule has 0 fully saturated rings. The van der Waals surface area contributed by atoms with E-state index in [1.54, 1.807) is 15.9 Å². The summed E-state index contributed by atoms with van der Waals surface area (Å²) < 4.78 is 41.4. The standard InChI is InChI=1S/C13H8BrF3N2S2/c14-11-4-2-8(21-11)6-19-10-3-1-7(13(15,16)17)5-9(10)18-12(19)20/h1-5H,6H2,(H,18,20). The molecule has 0 bridgehead atoms. The summed E-state index contributed by atoms with van der Waals surface area (Å²) in [5.41, 5.74) is 0.375. The van der Waals surface area contributed by atoms with Crippen LogP contribution in [-0.4, -0.2) is 9.55 Å². The molecule has 0 aliphatic heterocycles. The highest BCUT2D eigenvalue weighted by molar-refractivity contribution is 9.11. The third-order valence-electron chi connectivity index (χ3n) is 3.04. The maximum atomic E-state index is 12.7. The first kappa shape index (κ1) is 14.8. The number of hydrogen-bond acceptors (Lipinski definition) is 2. The number of halogens is 4. The molecule has 0 atom stereocenters. The van der Waals surface area contributed by atoms with E-state index in [2.05, 4.69) is 20.9 Å². The van der Waals surface area contributed by atoms with Crippen molar-refractivity contribution in [1.29, 1.82) is 0 Å². The fraction of sp³-hybridized carbons (Fsp3) is 0.154. The Kier molecular flexibility index (Phi) is 3.71. The number of benzene rings is 1. The summed E-state index contributed by atoms with van der Waals surface area (Å²) in [6.45, 7) is 0.528. The predicted octanol–water partition coefficient (Wildman–Crippen LogP) is 5.59. The average Bonchev–Trinajstić information content (AvgIpc) is 2.93. The van der Waals surface area contributed by atoms with Crippen molar-refractivity contribution in [2.45, 2.75) is 12.7 Å². The maximum Gasteiger partial charge on any atom is 0.416 e. The molecule has 1 N–H and O–H groups in total. The van der Waals surface area contributed by atoms with Crippen LogP contribution in [0.4, 0.5) is 13.2 Å². The summed E-state index contributed by atoms with van der Waals surface area (Å²) in [7, 11) is 0. The molecule has 0 spiro atoms. The SMILES string of the molecule is FC(F)(F)c1ccc2c(c1)[nH]c(=S)n2Cc1ccc(Br)s1. The van der Waals surface area contributed by atoms with Crippen LogP contribution < -0.4 is 0 Å². The van der Waals surface area contributed by atoms with Crippen molar-refractivity contribution in [2.24, 2.45) is 0 Å². The number of rotatable bonds is 2. The molecule has 0 saturated heterocycles. The van der Waals surface area contributed by atoms with Gasteiger partial charge in [0.25, 0.3) is 0 Å². The first-order valence-corrected chi connectivity index (χ1v) is 7.90. The van der Waals surface area contributed by atoms with E-state index < -0.39 is 11.7 Å². The minimum Gasteiger partial charge on any atom is -0.331 e. The van der Waals surface area contributed by atoms with Crippen LogP contribution >= 0.6 is 39.5 Å². The van der Waals surface area contributed by atoms with Crippen LogP contribution in [0.15, 0.2) is 34.1 Å². The number of aromatic amines is 1. The highest BCUT2D eigenvalue weighted by atomic mass is 79.9. The number of thiophene rings is 1. The fourth-order valence-corrected chi connectivity index (χ4v) is 3.83. The molecule has 0 aliphatic carbocycles. The normalized spacial score (nSPS) is 12.2. The molecule has 21 heavy (non-hydrogen) atoms. The minimum absolute atomic E-state index is 0.394. The van der Waals surface area contributed by atoms with E-state index in [0.29, 0.717) is 22.3 Å². The quantitative estimate of drug-likeness (QED) is 0.563. The third kappa shape index (κ3) is 2.93. The molecule has 3 rings (SSSR count). The van der Waals surface area contributed by atoms with Crippen molar-refractivity contribution in [1.82, 2.24) is 9.55 Å². The third-order valence-corrected chi connectivity index (χ3v) is 4.98. The molecule has 2 heterocycles. The van der Waals surface area contributed by atoms with E-state index in [-0.39, 0.29) is 0 Å². The highest BCUT2D eigenvalue weighted by Crippen LogP contribution is 2.31. The van der Waals surface area contributed by atoms with Gasteiger partial charge in [-0.05, 0) is 58.5 Å². The molecule has 0 amide bonds. The number of H-pyrrole nitrogens is 1. The number of aromatic nitrogens is 2. The molecule has 3 aromatic rings. The van der Waals surface area contributed by atoms with Gasteiger partial charge in [-0.1, -0.05) is 0 Å². The van der Waals surface area contributed by atoms with Gasteiger partial charge >= 0.3 is 6.18 Å². The van der Waals surface area contributed by atoms with Crippen LogP contribution in [0.5, 0.6) is 0 Å². The number of imidazole rings is 1. The topological polar surface area (TPSA) is 20.7 Å². The molecule has 8 heteroatoms. The lowest BCUT2D eigenvalue weighted by atomic mass is 10.2. The lowest BCUT2D eigenvalue weighted by Gasteiger charge is -2.07. The summed E-state index contributed by atoms with van der Waals surface area (Å²) in [5, 5.41) is 0. The van der Waals surface area contributed by atoms with Gasteiger partial charge in [-0.25, -0.2) is 0 Å². The van der Waals surface area contributed by atoms with E-state index in [0.717, 1.165) is 20.8 Å². The Morgan fingerprint density at radius 2 is 2.00 bits per heavy atom. The van der Waals surface area contributed by atoms with Crippen molar-refractivity contribution < 1.29 is 13.2 Å². The number of hydrogen-bond donors (Lipinski definition) is 1. The van der Waals surface area contributed by atoms with Gasteiger partial charge in [0.1, 0.15) is 0 Å². The van der Waals surface area contributed by atoms with E-state index in [4.69, 9.17) is 12.2 Å². The first-order valence-electron chi connectivity index (χ1n) is 5.88. The summed E-state index contributed by atoms with van der Waals surface area (Å²) >= 11 is 10.2. The molecule has 2 aromatic heterocycles. The summed E-state index contributed by atoms with van der Waals surface area (Å²) in [5.74, 6) is 0. The van der Waals surface area contributed by atoms with Crippen LogP contribution in [-0.2, 0) is 12.7 Å². The largest absolute Gasteiger partial charge is 0.416 e. The van der Waals surface area contributed by atoms with Gasteiger partial charge in [-0.15, -0.1) is 11.3 Å². The zero-order valence-corrected chi connectivity index (χ0v) is 13.6. The van der Waals surface area contributed by atoms with Gasteiger partial charge in [0.15, 0.2) is 4.77 Å². The molecule has 0 saturated carbocycles.